The number of methoxy groups -OCH3 is 2. The quantitative estimate of drug-likeness (QED) is 0.499. The Morgan fingerprint density at radius 3 is 1.67 bits per heavy atom. The van der Waals surface area contributed by atoms with E-state index < -0.39 is 0 Å². The van der Waals surface area contributed by atoms with Crippen LogP contribution in [-0.4, -0.2) is 34.6 Å². The molecule has 0 saturated heterocycles. The van der Waals surface area contributed by atoms with Gasteiger partial charge in [-0.25, -0.2) is 0 Å². The SMILES string of the molecule is COC(=[Se])OC. The third kappa shape index (κ3) is 2.24. The van der Waals surface area contributed by atoms with Crippen molar-refractivity contribution in [1.82, 2.24) is 0 Å². The van der Waals surface area contributed by atoms with E-state index in [-0.39, 0.29) is 0 Å². The minimum absolute atomic E-state index is 0.468. The van der Waals surface area contributed by atoms with E-state index in [9.17, 15) is 0 Å². The van der Waals surface area contributed by atoms with Crippen molar-refractivity contribution in [2.45, 2.75) is 0 Å². The molecule has 0 aliphatic carbocycles. The van der Waals surface area contributed by atoms with E-state index in [0.29, 0.717) is 4.79 Å². The summed E-state index contributed by atoms with van der Waals surface area (Å²) in [5.74, 6) is 0. The van der Waals surface area contributed by atoms with Gasteiger partial charge < -0.3 is 0 Å². The van der Waals surface area contributed by atoms with Crippen molar-refractivity contribution in [2.75, 3.05) is 14.2 Å². The molecule has 0 aromatic heterocycles. The Bertz CT molecular complexity index is 46.8. The standard InChI is InChI=1S/C3H6O2Se/c1-4-3(6)5-2/h1-2H3. The Morgan fingerprint density at radius 1 is 1.33 bits per heavy atom. The van der Waals surface area contributed by atoms with Gasteiger partial charge in [0.2, 0.25) is 0 Å². The molecule has 0 aromatic rings. The molecule has 0 amide bonds. The van der Waals surface area contributed by atoms with Crippen LogP contribution in [0.3, 0.4) is 0 Å². The predicted octanol–water partition coefficient (Wildman–Crippen LogP) is -0.465. The van der Waals surface area contributed by atoms with Crippen LogP contribution in [0.4, 0.5) is 0 Å². The molecule has 0 spiro atoms. The number of rotatable bonds is 2. The maximum absolute atomic E-state index is 4.54. The molecule has 0 rings (SSSR count). The average Bonchev–Trinajstić information content (AvgIpc) is 1.65. The zero-order chi connectivity index (χ0) is 4.99. The molecular weight excluding hydrogens is 147 g/mol. The van der Waals surface area contributed by atoms with Gasteiger partial charge in [0, 0.05) is 0 Å². The van der Waals surface area contributed by atoms with Crippen LogP contribution in [0.15, 0.2) is 0 Å². The Hall–Kier alpha value is -0.0105. The Kier molecular flexibility index (Phi) is 3.18. The molecule has 0 heterocycles. The van der Waals surface area contributed by atoms with Crippen molar-refractivity contribution in [3.05, 3.63) is 0 Å². The average molecular weight is 153 g/mol. The van der Waals surface area contributed by atoms with Crippen LogP contribution in [0.2, 0.25) is 0 Å². The summed E-state index contributed by atoms with van der Waals surface area (Å²) < 4.78 is 9.08. The van der Waals surface area contributed by atoms with E-state index in [1.165, 1.54) is 14.2 Å². The summed E-state index contributed by atoms with van der Waals surface area (Å²) in [6.45, 7) is 0. The van der Waals surface area contributed by atoms with Gasteiger partial charge in [-0.1, -0.05) is 0 Å². The van der Waals surface area contributed by atoms with E-state index in [1.807, 2.05) is 0 Å². The molecule has 0 atom stereocenters. The van der Waals surface area contributed by atoms with Crippen LogP contribution in [-0.2, 0) is 9.47 Å². The second-order valence-corrected chi connectivity index (χ2v) is 1.36. The summed E-state index contributed by atoms with van der Waals surface area (Å²) in [6, 6.07) is 0. The van der Waals surface area contributed by atoms with Crippen LogP contribution < -0.4 is 0 Å². The van der Waals surface area contributed by atoms with Gasteiger partial charge in [0.1, 0.15) is 0 Å². The summed E-state index contributed by atoms with van der Waals surface area (Å²) in [5.41, 5.74) is 0. The molecule has 0 fully saturated rings. The molecule has 6 heavy (non-hydrogen) atoms. The Balaban J connectivity index is 2.99. The van der Waals surface area contributed by atoms with Crippen molar-refractivity contribution in [2.24, 2.45) is 0 Å². The first-order valence-electron chi connectivity index (χ1n) is 1.43. The van der Waals surface area contributed by atoms with E-state index in [0.717, 1.165) is 0 Å². The molecule has 3 heteroatoms. The van der Waals surface area contributed by atoms with Gasteiger partial charge in [0.25, 0.3) is 0 Å². The summed E-state index contributed by atoms with van der Waals surface area (Å²) in [7, 11) is 3.07. The van der Waals surface area contributed by atoms with E-state index in [1.54, 1.807) is 0 Å². The monoisotopic (exact) mass is 154 g/mol. The van der Waals surface area contributed by atoms with E-state index >= 15 is 0 Å². The van der Waals surface area contributed by atoms with Crippen LogP contribution >= 0.6 is 0 Å². The summed E-state index contributed by atoms with van der Waals surface area (Å²) >= 11 is 2.55. The van der Waals surface area contributed by atoms with Crippen molar-refractivity contribution < 1.29 is 9.47 Å². The minimum atomic E-state index is 0.468. The third-order valence-electron chi connectivity index (χ3n) is 0.333. The fourth-order valence-electron chi connectivity index (χ4n) is 0.0833. The summed E-state index contributed by atoms with van der Waals surface area (Å²) in [5, 5.41) is 0. The fourth-order valence-corrected chi connectivity index (χ4v) is 0.0833. The molecule has 0 aliphatic rings. The zero-order valence-electron chi connectivity index (χ0n) is 3.72. The molecule has 0 aliphatic heterocycles. The molecule has 2 nitrogen and oxygen atoms in total. The first kappa shape index (κ1) is 5.99. The topological polar surface area (TPSA) is 18.5 Å². The molecule has 0 radical (unpaired) electrons. The number of ether oxygens (including phenoxy) is 2. The van der Waals surface area contributed by atoms with Crippen LogP contribution in [0.5, 0.6) is 0 Å². The van der Waals surface area contributed by atoms with Crippen molar-refractivity contribution in [3.8, 4) is 0 Å². The van der Waals surface area contributed by atoms with Gasteiger partial charge in [-0.3, -0.25) is 0 Å². The third-order valence-corrected chi connectivity index (χ3v) is 1.03. The Labute approximate surface area is 44.8 Å². The molecule has 0 bridgehead atoms. The van der Waals surface area contributed by atoms with E-state index in [4.69, 9.17) is 0 Å². The number of hydrogen-bond donors (Lipinski definition) is 0. The second kappa shape index (κ2) is 3.19. The summed E-state index contributed by atoms with van der Waals surface area (Å²) in [6.07, 6.45) is 0. The molecule has 0 N–H and O–H groups in total. The van der Waals surface area contributed by atoms with Crippen LogP contribution in [0.1, 0.15) is 0 Å². The van der Waals surface area contributed by atoms with Crippen molar-refractivity contribution in [1.29, 1.82) is 0 Å². The zero-order valence-corrected chi connectivity index (χ0v) is 5.44. The first-order valence-corrected chi connectivity index (χ1v) is 2.29. The van der Waals surface area contributed by atoms with Gasteiger partial charge in [-0.05, 0) is 0 Å². The molecular formula is C3H6O2Se. The normalized spacial score (nSPS) is 7.00. The predicted molar refractivity (Wildman–Crippen MR) is 24.8 cm³/mol. The van der Waals surface area contributed by atoms with Gasteiger partial charge >= 0.3 is 44.1 Å². The molecule has 36 valence electrons. The van der Waals surface area contributed by atoms with E-state index in [2.05, 4.69) is 25.0 Å². The van der Waals surface area contributed by atoms with Crippen LogP contribution in [0, 0.1) is 0 Å². The van der Waals surface area contributed by atoms with Crippen molar-refractivity contribution >= 4 is 20.4 Å². The van der Waals surface area contributed by atoms with Gasteiger partial charge in [-0.15, -0.1) is 0 Å². The molecule has 0 saturated carbocycles. The first-order chi connectivity index (χ1) is 2.81. The summed E-state index contributed by atoms with van der Waals surface area (Å²) in [4.78, 5) is 0.468. The number of hydrogen-bond acceptors (Lipinski definition) is 2. The van der Waals surface area contributed by atoms with Crippen LogP contribution in [0.25, 0.3) is 0 Å². The van der Waals surface area contributed by atoms with Gasteiger partial charge in [-0.2, -0.15) is 0 Å². The molecule has 0 aromatic carbocycles. The van der Waals surface area contributed by atoms with Crippen molar-refractivity contribution in [3.63, 3.8) is 0 Å². The molecule has 0 unspecified atom stereocenters. The van der Waals surface area contributed by atoms with Gasteiger partial charge in [0.15, 0.2) is 0 Å². The fraction of sp³-hybridized carbons (Fsp3) is 0.667. The second-order valence-electron chi connectivity index (χ2n) is 0.658. The van der Waals surface area contributed by atoms with Gasteiger partial charge in [0.05, 0.1) is 0 Å². The maximum atomic E-state index is 4.54. The Morgan fingerprint density at radius 2 is 1.67 bits per heavy atom.